The normalized spacial score (nSPS) is 13.5. The van der Waals surface area contributed by atoms with E-state index in [0.29, 0.717) is 0 Å². The van der Waals surface area contributed by atoms with Crippen LogP contribution in [0.3, 0.4) is 0 Å². The van der Waals surface area contributed by atoms with E-state index in [4.69, 9.17) is 9.47 Å². The van der Waals surface area contributed by atoms with E-state index >= 15 is 0 Å². The van der Waals surface area contributed by atoms with Crippen molar-refractivity contribution in [3.8, 4) is 16.9 Å². The van der Waals surface area contributed by atoms with E-state index in [1.165, 1.54) is 0 Å². The van der Waals surface area contributed by atoms with Gasteiger partial charge in [-0.15, -0.1) is 0 Å². The molecule has 1 atom stereocenters. The average Bonchev–Trinajstić information content (AvgIpc) is 3.12. The van der Waals surface area contributed by atoms with Crippen molar-refractivity contribution in [2.24, 2.45) is 0 Å². The van der Waals surface area contributed by atoms with E-state index in [9.17, 15) is 14.7 Å². The Morgan fingerprint density at radius 1 is 1.00 bits per heavy atom. The predicted molar refractivity (Wildman–Crippen MR) is 143 cm³/mol. The van der Waals surface area contributed by atoms with Crippen molar-refractivity contribution < 1.29 is 24.2 Å². The number of carbonyl (C=O) groups is 2. The number of amides is 1. The summed E-state index contributed by atoms with van der Waals surface area (Å²) in [4.78, 5) is 24.5. The first-order chi connectivity index (χ1) is 16.6. The van der Waals surface area contributed by atoms with Crippen LogP contribution in [0.4, 0.5) is 4.79 Å². The van der Waals surface area contributed by atoms with Crippen molar-refractivity contribution >= 4 is 34.7 Å². The van der Waals surface area contributed by atoms with Crippen molar-refractivity contribution in [2.45, 2.75) is 44.8 Å². The fraction of sp³-hybridized carbons (Fsp3) is 0.286. The summed E-state index contributed by atoms with van der Waals surface area (Å²) in [6.07, 6.45) is -0.618. The summed E-state index contributed by atoms with van der Waals surface area (Å²) in [6.45, 7) is 6.03. The van der Waals surface area contributed by atoms with Gasteiger partial charge in [0.25, 0.3) is 0 Å². The number of aliphatic carboxylic acids is 1. The molecular formula is C28H28INO5. The number of ether oxygens (including phenoxy) is 2. The number of rotatable bonds is 7. The van der Waals surface area contributed by atoms with Crippen LogP contribution in [0.15, 0.2) is 66.7 Å². The van der Waals surface area contributed by atoms with Gasteiger partial charge in [0.2, 0.25) is 0 Å². The van der Waals surface area contributed by atoms with Crippen molar-refractivity contribution in [3.05, 3.63) is 87.0 Å². The monoisotopic (exact) mass is 585 g/mol. The summed E-state index contributed by atoms with van der Waals surface area (Å²) in [5, 5.41) is 12.2. The minimum atomic E-state index is -1.12. The van der Waals surface area contributed by atoms with Gasteiger partial charge in [-0.2, -0.15) is 0 Å². The number of hydrogen-bond acceptors (Lipinski definition) is 4. The molecule has 0 aromatic heterocycles. The van der Waals surface area contributed by atoms with Crippen LogP contribution in [-0.2, 0) is 16.0 Å². The van der Waals surface area contributed by atoms with E-state index in [1.54, 1.807) is 0 Å². The molecule has 182 valence electrons. The Morgan fingerprint density at radius 3 is 2.14 bits per heavy atom. The Labute approximate surface area is 218 Å². The summed E-state index contributed by atoms with van der Waals surface area (Å²) in [7, 11) is 0. The lowest BCUT2D eigenvalue weighted by atomic mass is 9.98. The largest absolute Gasteiger partial charge is 0.487 e. The lowest BCUT2D eigenvalue weighted by molar-refractivity contribution is -0.139. The molecule has 0 fully saturated rings. The van der Waals surface area contributed by atoms with Gasteiger partial charge in [0, 0.05) is 12.3 Å². The van der Waals surface area contributed by atoms with Crippen LogP contribution < -0.4 is 10.1 Å². The van der Waals surface area contributed by atoms with Crippen LogP contribution in [0, 0.1) is 3.57 Å². The zero-order valence-electron chi connectivity index (χ0n) is 19.9. The molecule has 1 aliphatic carbocycles. The van der Waals surface area contributed by atoms with Crippen molar-refractivity contribution in [1.82, 2.24) is 5.32 Å². The second kappa shape index (κ2) is 10.3. The standard InChI is InChI=1S/C28H28INO5/c1-28(2,3)35-25-13-12-17(14-23(25)29)15-24(26(31)32)30-27(33)34-16-22-20-10-6-4-8-18(20)19-9-5-7-11-21(19)22/h4-14,22,24H,15-16H2,1-3H3,(H,30,33)(H,31,32). The molecular weight excluding hydrogens is 557 g/mol. The van der Waals surface area contributed by atoms with E-state index in [1.807, 2.05) is 75.4 Å². The highest BCUT2D eigenvalue weighted by Crippen LogP contribution is 2.44. The Kier molecular flexibility index (Phi) is 7.35. The smallest absolute Gasteiger partial charge is 0.407 e. The first kappa shape index (κ1) is 25.0. The van der Waals surface area contributed by atoms with Crippen molar-refractivity contribution in [3.63, 3.8) is 0 Å². The number of carbonyl (C=O) groups excluding carboxylic acids is 1. The zero-order valence-corrected chi connectivity index (χ0v) is 22.0. The van der Waals surface area contributed by atoms with Crippen LogP contribution >= 0.6 is 22.6 Å². The van der Waals surface area contributed by atoms with Gasteiger partial charge < -0.3 is 19.9 Å². The molecule has 0 saturated heterocycles. The molecule has 1 unspecified atom stereocenters. The molecule has 0 saturated carbocycles. The third kappa shape index (κ3) is 5.96. The summed E-state index contributed by atoms with van der Waals surface area (Å²) in [6, 6.07) is 20.5. The Balaban J connectivity index is 1.41. The topological polar surface area (TPSA) is 84.9 Å². The molecule has 35 heavy (non-hydrogen) atoms. The fourth-order valence-corrected chi connectivity index (χ4v) is 4.99. The fourth-order valence-electron chi connectivity index (χ4n) is 4.30. The highest BCUT2D eigenvalue weighted by Gasteiger charge is 2.30. The van der Waals surface area contributed by atoms with E-state index in [-0.39, 0.29) is 24.5 Å². The highest BCUT2D eigenvalue weighted by atomic mass is 127. The molecule has 0 heterocycles. The van der Waals surface area contributed by atoms with Crippen LogP contribution in [0.5, 0.6) is 5.75 Å². The van der Waals surface area contributed by atoms with Crippen molar-refractivity contribution in [1.29, 1.82) is 0 Å². The van der Waals surface area contributed by atoms with E-state index < -0.39 is 18.1 Å². The molecule has 0 aliphatic heterocycles. The second-order valence-corrected chi connectivity index (χ2v) is 10.7. The van der Waals surface area contributed by atoms with Gasteiger partial charge in [-0.3, -0.25) is 0 Å². The number of benzene rings is 3. The van der Waals surface area contributed by atoms with Gasteiger partial charge in [-0.05, 0) is 83.3 Å². The van der Waals surface area contributed by atoms with Gasteiger partial charge in [-0.25, -0.2) is 9.59 Å². The number of alkyl carbamates (subject to hydrolysis) is 1. The average molecular weight is 585 g/mol. The maximum absolute atomic E-state index is 12.6. The number of carboxylic acids is 1. The van der Waals surface area contributed by atoms with Gasteiger partial charge in [0.1, 0.15) is 24.0 Å². The number of halogens is 1. The summed E-state index contributed by atoms with van der Waals surface area (Å²) >= 11 is 2.17. The predicted octanol–water partition coefficient (Wildman–Crippen LogP) is 6.00. The van der Waals surface area contributed by atoms with Gasteiger partial charge in [0.05, 0.1) is 3.57 Å². The molecule has 0 bridgehead atoms. The van der Waals surface area contributed by atoms with Crippen LogP contribution in [0.25, 0.3) is 11.1 Å². The SMILES string of the molecule is CC(C)(C)Oc1ccc(CC(NC(=O)OCC2c3ccccc3-c3ccccc32)C(=O)O)cc1I. The summed E-state index contributed by atoms with van der Waals surface area (Å²) in [5.74, 6) is -0.477. The maximum atomic E-state index is 12.6. The van der Waals surface area contributed by atoms with Gasteiger partial charge in [0.15, 0.2) is 0 Å². The number of carboxylic acid groups (broad SMARTS) is 1. The lowest BCUT2D eigenvalue weighted by Crippen LogP contribution is -2.42. The molecule has 3 aromatic carbocycles. The zero-order chi connectivity index (χ0) is 25.2. The quantitative estimate of drug-likeness (QED) is 0.332. The number of nitrogens with one attached hydrogen (secondary N) is 1. The lowest BCUT2D eigenvalue weighted by Gasteiger charge is -2.22. The number of hydrogen-bond donors (Lipinski definition) is 2. The molecule has 1 amide bonds. The number of fused-ring (bicyclic) bond motifs is 3. The minimum Gasteiger partial charge on any atom is -0.487 e. The molecule has 1 aliphatic rings. The van der Waals surface area contributed by atoms with E-state index in [2.05, 4.69) is 40.0 Å². The Bertz CT molecular complexity index is 1200. The summed E-state index contributed by atoms with van der Waals surface area (Å²) < 4.78 is 12.3. The molecule has 0 radical (unpaired) electrons. The molecule has 7 heteroatoms. The van der Waals surface area contributed by atoms with E-state index in [0.717, 1.165) is 37.1 Å². The van der Waals surface area contributed by atoms with Crippen LogP contribution in [0.1, 0.15) is 43.4 Å². The van der Waals surface area contributed by atoms with Gasteiger partial charge in [-0.1, -0.05) is 54.6 Å². The second-order valence-electron chi connectivity index (χ2n) is 9.54. The first-order valence-electron chi connectivity index (χ1n) is 11.4. The molecule has 6 nitrogen and oxygen atoms in total. The van der Waals surface area contributed by atoms with Gasteiger partial charge >= 0.3 is 12.1 Å². The minimum absolute atomic E-state index is 0.0895. The molecule has 0 spiro atoms. The highest BCUT2D eigenvalue weighted by molar-refractivity contribution is 14.1. The van der Waals surface area contributed by atoms with Crippen LogP contribution in [0.2, 0.25) is 0 Å². The maximum Gasteiger partial charge on any atom is 0.407 e. The Hall–Kier alpha value is -3.07. The summed E-state index contributed by atoms with van der Waals surface area (Å²) in [5.41, 5.74) is 4.91. The van der Waals surface area contributed by atoms with Crippen molar-refractivity contribution in [2.75, 3.05) is 6.61 Å². The molecule has 2 N–H and O–H groups in total. The third-order valence-corrected chi connectivity index (χ3v) is 6.63. The third-order valence-electron chi connectivity index (χ3n) is 5.79. The molecule has 4 rings (SSSR count). The van der Waals surface area contributed by atoms with Crippen LogP contribution in [-0.4, -0.2) is 35.4 Å². The molecule has 3 aromatic rings. The first-order valence-corrected chi connectivity index (χ1v) is 12.5. The Morgan fingerprint density at radius 2 is 1.60 bits per heavy atom.